The first kappa shape index (κ1) is 9.43. The highest BCUT2D eigenvalue weighted by atomic mass is 16.4. The molecule has 0 aliphatic heterocycles. The van der Waals surface area contributed by atoms with Gasteiger partial charge in [-0.25, -0.2) is 4.79 Å². The molecule has 0 aromatic heterocycles. The molecule has 1 atom stereocenters. The fourth-order valence-corrected chi connectivity index (χ4v) is 0.321. The summed E-state index contributed by atoms with van der Waals surface area (Å²) in [6, 6.07) is 0. The second kappa shape index (κ2) is 2.23. The maximum absolute atomic E-state index is 10.4. The minimum absolute atomic E-state index is 0.626. The largest absolute Gasteiger partial charge is 0.479 e. The van der Waals surface area contributed by atoms with Gasteiger partial charge in [0.05, 0.1) is 0 Å². The zero-order valence-corrected chi connectivity index (χ0v) is 6.80. The fourth-order valence-electron chi connectivity index (χ4n) is 0.321. The van der Waals surface area contributed by atoms with Crippen molar-refractivity contribution in [3.63, 3.8) is 0 Å². The van der Waals surface area contributed by atoms with E-state index in [4.69, 9.17) is 5.11 Å². The van der Waals surface area contributed by atoms with E-state index in [1.165, 1.54) is 6.92 Å². The standard InChI is InChI=1S/C7H14O3/c1-6(2,3)7(4,10)5(8)9/h10H,1-4H3,(H,8,9). The van der Waals surface area contributed by atoms with Crippen molar-refractivity contribution in [2.45, 2.75) is 33.3 Å². The molecular weight excluding hydrogens is 132 g/mol. The summed E-state index contributed by atoms with van der Waals surface area (Å²) in [6.07, 6.45) is 0. The monoisotopic (exact) mass is 146 g/mol. The molecule has 0 saturated carbocycles. The summed E-state index contributed by atoms with van der Waals surface area (Å²) in [5.74, 6) is -1.18. The van der Waals surface area contributed by atoms with Gasteiger partial charge in [-0.1, -0.05) is 20.8 Å². The summed E-state index contributed by atoms with van der Waals surface area (Å²) in [4.78, 5) is 10.4. The molecule has 0 saturated heterocycles. The van der Waals surface area contributed by atoms with Crippen LogP contribution in [0.3, 0.4) is 0 Å². The van der Waals surface area contributed by atoms with E-state index in [-0.39, 0.29) is 0 Å². The van der Waals surface area contributed by atoms with Gasteiger partial charge >= 0.3 is 5.97 Å². The van der Waals surface area contributed by atoms with Gasteiger partial charge in [-0.3, -0.25) is 0 Å². The molecule has 0 heterocycles. The smallest absolute Gasteiger partial charge is 0.335 e. The van der Waals surface area contributed by atoms with Crippen molar-refractivity contribution in [2.75, 3.05) is 0 Å². The van der Waals surface area contributed by atoms with Crippen molar-refractivity contribution in [3.05, 3.63) is 0 Å². The Hall–Kier alpha value is -0.570. The number of carboxylic acids is 1. The highest BCUT2D eigenvalue weighted by Crippen LogP contribution is 2.29. The third kappa shape index (κ3) is 1.48. The van der Waals surface area contributed by atoms with E-state index >= 15 is 0 Å². The molecular formula is C7H14O3. The van der Waals surface area contributed by atoms with Gasteiger partial charge in [0.1, 0.15) is 0 Å². The van der Waals surface area contributed by atoms with E-state index in [0.717, 1.165) is 0 Å². The van der Waals surface area contributed by atoms with Crippen molar-refractivity contribution in [2.24, 2.45) is 5.41 Å². The second-order valence-corrected chi connectivity index (χ2v) is 3.63. The van der Waals surface area contributed by atoms with E-state index in [2.05, 4.69) is 0 Å². The predicted octanol–water partition coefficient (Wildman–Crippen LogP) is 0.868. The van der Waals surface area contributed by atoms with Crippen LogP contribution in [0.2, 0.25) is 0 Å². The first-order valence-electron chi connectivity index (χ1n) is 3.15. The van der Waals surface area contributed by atoms with Crippen LogP contribution in [0.15, 0.2) is 0 Å². The molecule has 0 radical (unpaired) electrons. The van der Waals surface area contributed by atoms with Crippen LogP contribution in [0.5, 0.6) is 0 Å². The van der Waals surface area contributed by atoms with Crippen molar-refractivity contribution >= 4 is 5.97 Å². The van der Waals surface area contributed by atoms with Crippen molar-refractivity contribution < 1.29 is 15.0 Å². The number of rotatable bonds is 1. The zero-order valence-electron chi connectivity index (χ0n) is 6.80. The van der Waals surface area contributed by atoms with Crippen LogP contribution in [0, 0.1) is 5.41 Å². The lowest BCUT2D eigenvalue weighted by atomic mass is 9.78. The number of hydrogen-bond acceptors (Lipinski definition) is 2. The Morgan fingerprint density at radius 3 is 1.50 bits per heavy atom. The summed E-state index contributed by atoms with van der Waals surface area (Å²) < 4.78 is 0. The Morgan fingerprint density at radius 2 is 1.50 bits per heavy atom. The average molecular weight is 146 g/mol. The third-order valence-corrected chi connectivity index (χ3v) is 1.88. The van der Waals surface area contributed by atoms with Crippen LogP contribution in [-0.4, -0.2) is 21.8 Å². The second-order valence-electron chi connectivity index (χ2n) is 3.63. The summed E-state index contributed by atoms with van der Waals surface area (Å²) in [5.41, 5.74) is -2.27. The van der Waals surface area contributed by atoms with Gasteiger partial charge < -0.3 is 10.2 Å². The Bertz CT molecular complexity index is 141. The summed E-state index contributed by atoms with van der Waals surface area (Å²) in [6.45, 7) is 6.35. The van der Waals surface area contributed by atoms with Crippen molar-refractivity contribution in [3.8, 4) is 0 Å². The minimum atomic E-state index is -1.65. The highest BCUT2D eigenvalue weighted by molar-refractivity contribution is 5.77. The molecule has 0 rings (SSSR count). The van der Waals surface area contributed by atoms with Crippen LogP contribution in [-0.2, 0) is 4.79 Å². The molecule has 0 aromatic rings. The van der Waals surface area contributed by atoms with Gasteiger partial charge in [0.15, 0.2) is 5.60 Å². The van der Waals surface area contributed by atoms with Gasteiger partial charge in [0.2, 0.25) is 0 Å². The normalized spacial score (nSPS) is 18.1. The van der Waals surface area contributed by atoms with Crippen molar-refractivity contribution in [1.82, 2.24) is 0 Å². The first-order valence-corrected chi connectivity index (χ1v) is 3.15. The van der Waals surface area contributed by atoms with Gasteiger partial charge in [-0.15, -0.1) is 0 Å². The lowest BCUT2D eigenvalue weighted by Crippen LogP contribution is -2.47. The minimum Gasteiger partial charge on any atom is -0.479 e. The van der Waals surface area contributed by atoms with Gasteiger partial charge in [0, 0.05) is 5.41 Å². The quantitative estimate of drug-likeness (QED) is 0.577. The SMILES string of the molecule is CC(C)(C)C(C)(O)C(=O)O. The van der Waals surface area contributed by atoms with E-state index in [9.17, 15) is 9.90 Å². The van der Waals surface area contributed by atoms with Crippen LogP contribution in [0.1, 0.15) is 27.7 Å². The molecule has 60 valence electrons. The molecule has 0 aliphatic rings. The van der Waals surface area contributed by atoms with E-state index < -0.39 is 17.0 Å². The molecule has 0 spiro atoms. The molecule has 0 aromatic carbocycles. The summed E-state index contributed by atoms with van der Waals surface area (Å²) >= 11 is 0. The molecule has 0 amide bonds. The Morgan fingerprint density at radius 1 is 1.20 bits per heavy atom. The lowest BCUT2D eigenvalue weighted by molar-refractivity contribution is -0.168. The fraction of sp³-hybridized carbons (Fsp3) is 0.857. The molecule has 3 heteroatoms. The van der Waals surface area contributed by atoms with Crippen LogP contribution < -0.4 is 0 Å². The molecule has 10 heavy (non-hydrogen) atoms. The Balaban J connectivity index is 4.57. The molecule has 1 unspecified atom stereocenters. The number of hydrogen-bond donors (Lipinski definition) is 2. The maximum atomic E-state index is 10.4. The Labute approximate surface area is 60.7 Å². The van der Waals surface area contributed by atoms with E-state index in [0.29, 0.717) is 0 Å². The number of carboxylic acid groups (broad SMARTS) is 1. The predicted molar refractivity (Wildman–Crippen MR) is 37.7 cm³/mol. The molecule has 0 bridgehead atoms. The molecule has 0 aliphatic carbocycles. The van der Waals surface area contributed by atoms with Crippen molar-refractivity contribution in [1.29, 1.82) is 0 Å². The highest BCUT2D eigenvalue weighted by Gasteiger charge is 2.42. The van der Waals surface area contributed by atoms with E-state index in [1.54, 1.807) is 20.8 Å². The zero-order chi connectivity index (χ0) is 8.58. The van der Waals surface area contributed by atoms with Gasteiger partial charge in [0.25, 0.3) is 0 Å². The van der Waals surface area contributed by atoms with Gasteiger partial charge in [-0.05, 0) is 6.92 Å². The maximum Gasteiger partial charge on any atom is 0.335 e. The molecule has 3 nitrogen and oxygen atoms in total. The molecule has 2 N–H and O–H groups in total. The first-order chi connectivity index (χ1) is 4.19. The topological polar surface area (TPSA) is 57.5 Å². The van der Waals surface area contributed by atoms with Crippen LogP contribution >= 0.6 is 0 Å². The lowest BCUT2D eigenvalue weighted by Gasteiger charge is -2.32. The average Bonchev–Trinajstić information content (AvgIpc) is 1.62. The number of carbonyl (C=O) groups is 1. The summed E-state index contributed by atoms with van der Waals surface area (Å²) in [5, 5.41) is 17.9. The van der Waals surface area contributed by atoms with Gasteiger partial charge in [-0.2, -0.15) is 0 Å². The molecule has 0 fully saturated rings. The Kier molecular flexibility index (Phi) is 2.11. The summed E-state index contributed by atoms with van der Waals surface area (Å²) in [7, 11) is 0. The third-order valence-electron chi connectivity index (χ3n) is 1.88. The number of aliphatic carboxylic acids is 1. The van der Waals surface area contributed by atoms with E-state index in [1.807, 2.05) is 0 Å². The number of aliphatic hydroxyl groups is 1. The van der Waals surface area contributed by atoms with Crippen LogP contribution in [0.4, 0.5) is 0 Å². The van der Waals surface area contributed by atoms with Crippen LogP contribution in [0.25, 0.3) is 0 Å².